The molecule has 0 saturated carbocycles. The average molecular weight is 393 g/mol. The Morgan fingerprint density at radius 1 is 0.931 bits per heavy atom. The van der Waals surface area contributed by atoms with E-state index in [0.29, 0.717) is 37.4 Å². The summed E-state index contributed by atoms with van der Waals surface area (Å²) >= 11 is 0. The Morgan fingerprint density at radius 2 is 1.66 bits per heavy atom. The van der Waals surface area contributed by atoms with Crippen LogP contribution in [0.5, 0.6) is 0 Å². The number of aromatic nitrogens is 1. The van der Waals surface area contributed by atoms with Crippen molar-refractivity contribution >= 4 is 23.3 Å². The van der Waals surface area contributed by atoms with Crippen molar-refractivity contribution in [1.29, 1.82) is 0 Å². The standard InChI is InChI=1S/C23H28N4O2/c1-16-13-18(3)20(14-17(16)2)25-9-11-26(12-10-25)23(29)19-6-7-21(24-15-19)27-8-4-5-22(27)28/h6-7,13-15H,4-5,8-12H2,1-3H3. The Hall–Kier alpha value is -2.89. The third-order valence-electron chi connectivity index (χ3n) is 6.06. The highest BCUT2D eigenvalue weighted by molar-refractivity contribution is 5.96. The topological polar surface area (TPSA) is 56.8 Å². The molecule has 2 saturated heterocycles. The Kier molecular flexibility index (Phi) is 5.26. The summed E-state index contributed by atoms with van der Waals surface area (Å²) in [5.74, 6) is 0.752. The number of anilines is 2. The number of aryl methyl sites for hydroxylation is 3. The molecule has 2 aliphatic rings. The monoisotopic (exact) mass is 392 g/mol. The lowest BCUT2D eigenvalue weighted by Gasteiger charge is -2.37. The van der Waals surface area contributed by atoms with E-state index in [1.807, 2.05) is 4.90 Å². The number of nitrogens with zero attached hydrogens (tertiary/aromatic N) is 4. The average Bonchev–Trinajstić information content (AvgIpc) is 3.16. The van der Waals surface area contributed by atoms with Crippen molar-refractivity contribution < 1.29 is 9.59 Å². The minimum Gasteiger partial charge on any atom is -0.368 e. The molecule has 0 aliphatic carbocycles. The number of benzene rings is 1. The molecule has 2 amide bonds. The van der Waals surface area contributed by atoms with Crippen LogP contribution in [-0.4, -0.2) is 54.4 Å². The van der Waals surface area contributed by atoms with Crippen molar-refractivity contribution in [1.82, 2.24) is 9.88 Å². The second-order valence-electron chi connectivity index (χ2n) is 8.06. The maximum Gasteiger partial charge on any atom is 0.255 e. The van der Waals surface area contributed by atoms with Gasteiger partial charge in [0, 0.05) is 51.0 Å². The molecule has 2 aliphatic heterocycles. The van der Waals surface area contributed by atoms with Crippen molar-refractivity contribution in [3.8, 4) is 0 Å². The molecule has 1 aromatic carbocycles. The van der Waals surface area contributed by atoms with Crippen molar-refractivity contribution in [2.24, 2.45) is 0 Å². The molecule has 6 nitrogen and oxygen atoms in total. The van der Waals surface area contributed by atoms with Gasteiger partial charge in [0.15, 0.2) is 0 Å². The molecule has 0 atom stereocenters. The lowest BCUT2D eigenvalue weighted by molar-refractivity contribution is -0.117. The summed E-state index contributed by atoms with van der Waals surface area (Å²) in [6, 6.07) is 8.06. The van der Waals surface area contributed by atoms with Gasteiger partial charge in [0.05, 0.1) is 5.56 Å². The molecule has 29 heavy (non-hydrogen) atoms. The summed E-state index contributed by atoms with van der Waals surface area (Å²) in [5.41, 5.74) is 5.74. The van der Waals surface area contributed by atoms with Gasteiger partial charge in [0.1, 0.15) is 5.82 Å². The van der Waals surface area contributed by atoms with E-state index in [9.17, 15) is 9.59 Å². The first-order valence-electron chi connectivity index (χ1n) is 10.3. The number of rotatable bonds is 3. The quantitative estimate of drug-likeness (QED) is 0.805. The highest BCUT2D eigenvalue weighted by Gasteiger charge is 2.25. The Morgan fingerprint density at radius 3 is 2.28 bits per heavy atom. The predicted molar refractivity (Wildman–Crippen MR) is 115 cm³/mol. The fourth-order valence-electron chi connectivity index (χ4n) is 4.18. The van der Waals surface area contributed by atoms with Crippen LogP contribution in [-0.2, 0) is 4.79 Å². The van der Waals surface area contributed by atoms with Gasteiger partial charge in [-0.3, -0.25) is 14.5 Å². The summed E-state index contributed by atoms with van der Waals surface area (Å²) < 4.78 is 0. The Labute approximate surface area is 172 Å². The number of carbonyl (C=O) groups is 2. The van der Waals surface area contributed by atoms with Crippen molar-refractivity contribution in [2.75, 3.05) is 42.5 Å². The molecule has 0 radical (unpaired) electrons. The minimum absolute atomic E-state index is 0.00765. The first-order valence-corrected chi connectivity index (χ1v) is 10.3. The number of hydrogen-bond donors (Lipinski definition) is 0. The van der Waals surface area contributed by atoms with Crippen LogP contribution in [0.25, 0.3) is 0 Å². The lowest BCUT2D eigenvalue weighted by atomic mass is 10.0. The second-order valence-corrected chi connectivity index (χ2v) is 8.06. The molecule has 152 valence electrons. The molecular weight excluding hydrogens is 364 g/mol. The van der Waals surface area contributed by atoms with E-state index >= 15 is 0 Å². The second kappa shape index (κ2) is 7.85. The van der Waals surface area contributed by atoms with Gasteiger partial charge in [0.25, 0.3) is 5.91 Å². The highest BCUT2D eigenvalue weighted by Crippen LogP contribution is 2.26. The van der Waals surface area contributed by atoms with Gasteiger partial charge in [-0.15, -0.1) is 0 Å². The first-order chi connectivity index (χ1) is 13.9. The van der Waals surface area contributed by atoms with E-state index in [2.05, 4.69) is 42.8 Å². The van der Waals surface area contributed by atoms with Gasteiger partial charge in [-0.1, -0.05) is 6.07 Å². The van der Waals surface area contributed by atoms with Crippen molar-refractivity contribution in [2.45, 2.75) is 33.6 Å². The normalized spacial score (nSPS) is 17.2. The molecule has 0 bridgehead atoms. The zero-order valence-electron chi connectivity index (χ0n) is 17.4. The highest BCUT2D eigenvalue weighted by atomic mass is 16.2. The fourth-order valence-corrected chi connectivity index (χ4v) is 4.18. The fraction of sp³-hybridized carbons (Fsp3) is 0.435. The molecule has 2 fully saturated rings. The van der Waals surface area contributed by atoms with Gasteiger partial charge in [-0.25, -0.2) is 4.98 Å². The molecular formula is C23H28N4O2. The molecule has 0 spiro atoms. The maximum atomic E-state index is 12.9. The molecule has 0 unspecified atom stereocenters. The number of carbonyl (C=O) groups excluding carboxylic acids is 2. The van der Waals surface area contributed by atoms with E-state index < -0.39 is 0 Å². The molecule has 6 heteroatoms. The van der Waals surface area contributed by atoms with Crippen LogP contribution in [0.3, 0.4) is 0 Å². The van der Waals surface area contributed by atoms with Crippen LogP contribution in [0.4, 0.5) is 11.5 Å². The van der Waals surface area contributed by atoms with Crippen LogP contribution >= 0.6 is 0 Å². The summed E-state index contributed by atoms with van der Waals surface area (Å²) in [7, 11) is 0. The SMILES string of the molecule is Cc1cc(C)c(N2CCN(C(=O)c3ccc(N4CCCC4=O)nc3)CC2)cc1C. The Balaban J connectivity index is 1.40. The van der Waals surface area contributed by atoms with Gasteiger partial charge >= 0.3 is 0 Å². The van der Waals surface area contributed by atoms with E-state index in [1.54, 1.807) is 23.2 Å². The van der Waals surface area contributed by atoms with E-state index in [1.165, 1.54) is 22.4 Å². The van der Waals surface area contributed by atoms with Crippen LogP contribution in [0.1, 0.15) is 39.9 Å². The van der Waals surface area contributed by atoms with E-state index in [0.717, 1.165) is 19.5 Å². The lowest BCUT2D eigenvalue weighted by Crippen LogP contribution is -2.49. The van der Waals surface area contributed by atoms with Crippen LogP contribution in [0.2, 0.25) is 0 Å². The van der Waals surface area contributed by atoms with Gasteiger partial charge in [0.2, 0.25) is 5.91 Å². The van der Waals surface area contributed by atoms with E-state index in [-0.39, 0.29) is 11.8 Å². The molecule has 3 heterocycles. The van der Waals surface area contributed by atoms with Crippen LogP contribution in [0.15, 0.2) is 30.5 Å². The third kappa shape index (κ3) is 3.84. The summed E-state index contributed by atoms with van der Waals surface area (Å²) in [5, 5.41) is 0. The van der Waals surface area contributed by atoms with Gasteiger partial charge in [-0.2, -0.15) is 0 Å². The summed E-state index contributed by atoms with van der Waals surface area (Å²) in [4.78, 5) is 35.1. The minimum atomic E-state index is 0.00765. The zero-order chi connectivity index (χ0) is 20.5. The first kappa shape index (κ1) is 19.4. The summed E-state index contributed by atoms with van der Waals surface area (Å²) in [6.07, 6.45) is 3.04. The number of piperazine rings is 1. The van der Waals surface area contributed by atoms with Crippen molar-refractivity contribution in [3.63, 3.8) is 0 Å². The largest absolute Gasteiger partial charge is 0.368 e. The smallest absolute Gasteiger partial charge is 0.255 e. The molecule has 2 aromatic rings. The van der Waals surface area contributed by atoms with Gasteiger partial charge < -0.3 is 9.80 Å². The summed E-state index contributed by atoms with van der Waals surface area (Å²) in [6.45, 7) is 10.2. The maximum absolute atomic E-state index is 12.9. The number of pyridine rings is 1. The van der Waals surface area contributed by atoms with Crippen LogP contribution < -0.4 is 9.80 Å². The molecule has 0 N–H and O–H groups in total. The number of hydrogen-bond acceptors (Lipinski definition) is 4. The Bertz CT molecular complexity index is 931. The number of amides is 2. The zero-order valence-corrected chi connectivity index (χ0v) is 17.4. The molecule has 4 rings (SSSR count). The predicted octanol–water partition coefficient (Wildman–Crippen LogP) is 3.10. The van der Waals surface area contributed by atoms with E-state index in [4.69, 9.17) is 0 Å². The van der Waals surface area contributed by atoms with Crippen molar-refractivity contribution in [3.05, 3.63) is 52.7 Å². The molecule has 1 aromatic heterocycles. The van der Waals surface area contributed by atoms with Crippen LogP contribution in [0, 0.1) is 20.8 Å². The van der Waals surface area contributed by atoms with Gasteiger partial charge in [-0.05, 0) is 62.1 Å². The third-order valence-corrected chi connectivity index (χ3v) is 6.06.